The molecule has 0 saturated heterocycles. The van der Waals surface area contributed by atoms with Crippen molar-refractivity contribution < 1.29 is 29.5 Å². The van der Waals surface area contributed by atoms with Gasteiger partial charge in [0.05, 0.1) is 50.8 Å². The van der Waals surface area contributed by atoms with Gasteiger partial charge in [0, 0.05) is 7.11 Å². The quantitative estimate of drug-likeness (QED) is 0.559. The van der Waals surface area contributed by atoms with Gasteiger partial charge >= 0.3 is 0 Å². The maximum absolute atomic E-state index is 8.92. The summed E-state index contributed by atoms with van der Waals surface area (Å²) < 4.78 is 15.0. The molecule has 0 saturated carbocycles. The van der Waals surface area contributed by atoms with Crippen LogP contribution in [-0.4, -0.2) is 73.3 Å². The van der Waals surface area contributed by atoms with Crippen LogP contribution in [0, 0.1) is 0 Å². The van der Waals surface area contributed by atoms with Crippen molar-refractivity contribution in [3.05, 3.63) is 0 Å². The van der Waals surface area contributed by atoms with Crippen LogP contribution >= 0.6 is 0 Å². The smallest absolute Gasteiger partial charge is 0.0781 e. The molecule has 0 aromatic heterocycles. The fraction of sp³-hybridized carbons (Fsp3) is 1.00. The van der Waals surface area contributed by atoms with Gasteiger partial charge in [0.2, 0.25) is 0 Å². The molecule has 118 valence electrons. The van der Waals surface area contributed by atoms with Gasteiger partial charge in [-0.1, -0.05) is 0 Å². The van der Waals surface area contributed by atoms with E-state index in [2.05, 4.69) is 4.74 Å². The van der Waals surface area contributed by atoms with E-state index < -0.39 is 6.10 Å². The lowest BCUT2D eigenvalue weighted by Crippen LogP contribution is -2.24. The first kappa shape index (κ1) is 21.1. The van der Waals surface area contributed by atoms with E-state index in [9.17, 15) is 0 Å². The Morgan fingerprint density at radius 1 is 0.789 bits per heavy atom. The molecule has 0 aromatic rings. The summed E-state index contributed by atoms with van der Waals surface area (Å²) in [5.41, 5.74) is 0. The largest absolute Gasteiger partial charge is 0.394 e. The Kier molecular flexibility index (Phi) is 15.7. The van der Waals surface area contributed by atoms with E-state index >= 15 is 0 Å². The molecule has 4 atom stereocenters. The number of aliphatic hydroxyl groups is 3. The van der Waals surface area contributed by atoms with Gasteiger partial charge in [-0.15, -0.1) is 0 Å². The summed E-state index contributed by atoms with van der Waals surface area (Å²) in [7, 11) is 1.56. The number of hydrogen-bond donors (Lipinski definition) is 3. The van der Waals surface area contributed by atoms with Gasteiger partial charge in [-0.05, 0) is 27.7 Å². The maximum Gasteiger partial charge on any atom is 0.0781 e. The third kappa shape index (κ3) is 20.2. The fourth-order valence-electron chi connectivity index (χ4n) is 0.945. The summed E-state index contributed by atoms with van der Waals surface area (Å²) in [5, 5.41) is 26.0. The second kappa shape index (κ2) is 14.2. The molecule has 0 rings (SSSR count). The van der Waals surface area contributed by atoms with Gasteiger partial charge in [0.1, 0.15) is 0 Å². The van der Waals surface area contributed by atoms with Crippen molar-refractivity contribution in [3.63, 3.8) is 0 Å². The van der Waals surface area contributed by atoms with Crippen molar-refractivity contribution >= 4 is 0 Å². The van der Waals surface area contributed by atoms with Crippen LogP contribution in [-0.2, 0) is 14.2 Å². The molecular formula is C13H30O6. The lowest BCUT2D eigenvalue weighted by Gasteiger charge is -2.16. The lowest BCUT2D eigenvalue weighted by molar-refractivity contribution is -0.0620. The molecule has 0 aliphatic heterocycles. The van der Waals surface area contributed by atoms with E-state index in [1.807, 2.05) is 6.92 Å². The lowest BCUT2D eigenvalue weighted by atomic mass is 10.4. The van der Waals surface area contributed by atoms with Crippen LogP contribution in [0.4, 0.5) is 0 Å². The summed E-state index contributed by atoms with van der Waals surface area (Å²) in [5.74, 6) is 0. The van der Waals surface area contributed by atoms with Crippen molar-refractivity contribution in [2.24, 2.45) is 0 Å². The van der Waals surface area contributed by atoms with Gasteiger partial charge < -0.3 is 29.5 Å². The average molecular weight is 282 g/mol. The first-order valence-corrected chi connectivity index (χ1v) is 6.52. The van der Waals surface area contributed by atoms with Crippen molar-refractivity contribution in [3.8, 4) is 0 Å². The molecule has 0 spiro atoms. The summed E-state index contributed by atoms with van der Waals surface area (Å²) in [4.78, 5) is 0. The second-order valence-corrected chi connectivity index (χ2v) is 4.62. The Morgan fingerprint density at radius 2 is 1.26 bits per heavy atom. The third-order valence-electron chi connectivity index (χ3n) is 1.90. The van der Waals surface area contributed by atoms with Crippen LogP contribution in [0.2, 0.25) is 0 Å². The molecule has 6 nitrogen and oxygen atoms in total. The average Bonchev–Trinajstić information content (AvgIpc) is 2.33. The van der Waals surface area contributed by atoms with E-state index in [1.165, 1.54) is 0 Å². The van der Waals surface area contributed by atoms with Crippen molar-refractivity contribution in [2.75, 3.05) is 33.5 Å². The maximum atomic E-state index is 8.92. The first-order chi connectivity index (χ1) is 8.83. The van der Waals surface area contributed by atoms with Gasteiger partial charge in [0.25, 0.3) is 0 Å². The number of rotatable bonds is 9. The van der Waals surface area contributed by atoms with Crippen LogP contribution in [0.3, 0.4) is 0 Å². The molecule has 0 fully saturated rings. The molecule has 4 unspecified atom stereocenters. The Bertz CT molecular complexity index is 175. The molecule has 3 N–H and O–H groups in total. The van der Waals surface area contributed by atoms with Crippen LogP contribution in [0.1, 0.15) is 27.7 Å². The fourth-order valence-corrected chi connectivity index (χ4v) is 0.945. The highest BCUT2D eigenvalue weighted by Crippen LogP contribution is 1.97. The Balaban J connectivity index is 0. The summed E-state index contributed by atoms with van der Waals surface area (Å²) in [6.07, 6.45) is -0.978. The zero-order valence-corrected chi connectivity index (χ0v) is 12.7. The zero-order chi connectivity index (χ0) is 15.3. The molecule has 6 heteroatoms. The molecule has 0 heterocycles. The van der Waals surface area contributed by atoms with Crippen molar-refractivity contribution in [1.29, 1.82) is 0 Å². The summed E-state index contributed by atoms with van der Waals surface area (Å²) in [6, 6.07) is 0. The van der Waals surface area contributed by atoms with Crippen molar-refractivity contribution in [2.45, 2.75) is 52.1 Å². The highest BCUT2D eigenvalue weighted by molar-refractivity contribution is 4.52. The highest BCUT2D eigenvalue weighted by atomic mass is 16.5. The predicted octanol–water partition coefficient (Wildman–Crippen LogP) is 0.183. The van der Waals surface area contributed by atoms with E-state index in [1.54, 1.807) is 27.9 Å². The van der Waals surface area contributed by atoms with Gasteiger partial charge in [-0.25, -0.2) is 0 Å². The zero-order valence-electron chi connectivity index (χ0n) is 12.7. The molecule has 0 radical (unpaired) electrons. The summed E-state index contributed by atoms with van der Waals surface area (Å²) in [6.45, 7) is 8.22. The third-order valence-corrected chi connectivity index (χ3v) is 1.90. The van der Waals surface area contributed by atoms with Crippen LogP contribution < -0.4 is 0 Å². The molecule has 0 aliphatic rings. The molecule has 0 aliphatic carbocycles. The monoisotopic (exact) mass is 282 g/mol. The highest BCUT2D eigenvalue weighted by Gasteiger charge is 2.06. The van der Waals surface area contributed by atoms with E-state index in [0.29, 0.717) is 19.8 Å². The Morgan fingerprint density at radius 3 is 1.58 bits per heavy atom. The van der Waals surface area contributed by atoms with Gasteiger partial charge in [-0.3, -0.25) is 0 Å². The van der Waals surface area contributed by atoms with Crippen molar-refractivity contribution in [1.82, 2.24) is 0 Å². The number of hydrogen-bond acceptors (Lipinski definition) is 6. The van der Waals surface area contributed by atoms with Gasteiger partial charge in [-0.2, -0.15) is 0 Å². The van der Waals surface area contributed by atoms with Crippen LogP contribution in [0.25, 0.3) is 0 Å². The van der Waals surface area contributed by atoms with E-state index in [0.717, 1.165) is 0 Å². The summed E-state index contributed by atoms with van der Waals surface area (Å²) >= 11 is 0. The van der Waals surface area contributed by atoms with Gasteiger partial charge in [0.15, 0.2) is 0 Å². The number of methoxy groups -OCH3 is 1. The minimum Gasteiger partial charge on any atom is -0.394 e. The Hall–Kier alpha value is -0.240. The van der Waals surface area contributed by atoms with Crippen LogP contribution in [0.5, 0.6) is 0 Å². The molecular weight excluding hydrogens is 252 g/mol. The van der Waals surface area contributed by atoms with E-state index in [-0.39, 0.29) is 24.9 Å². The predicted molar refractivity (Wildman–Crippen MR) is 73.2 cm³/mol. The SMILES string of the molecule is CC(O)COC(C)COC(C)CO.COCC(C)O. The molecule has 0 amide bonds. The Labute approximate surface area is 116 Å². The minimum atomic E-state index is -0.447. The standard InChI is InChI=1S/C9H20O4.C4H10O2/c1-7(11)5-12-9(3)6-13-8(2)4-10;1-4(5)3-6-2/h7-11H,4-6H2,1-3H3;4-5H,3H2,1-2H3. The first-order valence-electron chi connectivity index (χ1n) is 6.52. The number of aliphatic hydroxyl groups excluding tert-OH is 3. The number of ether oxygens (including phenoxy) is 3. The van der Waals surface area contributed by atoms with Crippen LogP contribution in [0.15, 0.2) is 0 Å². The second-order valence-electron chi connectivity index (χ2n) is 4.62. The molecule has 19 heavy (non-hydrogen) atoms. The normalized spacial score (nSPS) is 17.1. The molecule has 0 aromatic carbocycles. The topological polar surface area (TPSA) is 88.4 Å². The molecule has 0 bridgehead atoms. The minimum absolute atomic E-state index is 0.0170. The van der Waals surface area contributed by atoms with E-state index in [4.69, 9.17) is 24.8 Å².